The summed E-state index contributed by atoms with van der Waals surface area (Å²) in [5, 5.41) is 3.70. The van der Waals surface area contributed by atoms with Gasteiger partial charge in [0.2, 0.25) is 17.3 Å². The molecule has 2 aromatic carbocycles. The van der Waals surface area contributed by atoms with E-state index in [9.17, 15) is 24.0 Å². The summed E-state index contributed by atoms with van der Waals surface area (Å²) in [5.41, 5.74) is 5.97. The number of amides is 2. The largest absolute Gasteiger partial charge is 0.444 e. The van der Waals surface area contributed by atoms with Crippen LogP contribution in [0.2, 0.25) is 5.02 Å². The van der Waals surface area contributed by atoms with Crippen LogP contribution in [-0.4, -0.2) is 82.5 Å². The highest BCUT2D eigenvalue weighted by Gasteiger charge is 2.34. The van der Waals surface area contributed by atoms with E-state index in [2.05, 4.69) is 20.2 Å². The Balaban J connectivity index is 1.38. The topological polar surface area (TPSA) is 165 Å². The molecule has 4 rings (SSSR count). The average Bonchev–Trinajstić information content (AvgIpc) is 3.02. The smallest absolute Gasteiger partial charge is 0.408 e. The van der Waals surface area contributed by atoms with Crippen LogP contribution in [0.15, 0.2) is 58.6 Å². The van der Waals surface area contributed by atoms with Crippen molar-refractivity contribution in [2.24, 2.45) is 0 Å². The van der Waals surface area contributed by atoms with Crippen LogP contribution in [0.3, 0.4) is 0 Å². The van der Waals surface area contributed by atoms with E-state index in [1.54, 1.807) is 24.4 Å². The van der Waals surface area contributed by atoms with Crippen LogP contribution < -0.4 is 16.0 Å². The molecule has 1 aliphatic heterocycles. The minimum Gasteiger partial charge on any atom is -0.444 e. The normalized spacial score (nSPS) is 14.2. The fourth-order valence-corrected chi connectivity index (χ4v) is 6.05. The maximum atomic E-state index is 12.9. The van der Waals surface area contributed by atoms with Gasteiger partial charge < -0.3 is 25.6 Å². The van der Waals surface area contributed by atoms with Crippen molar-refractivity contribution in [1.82, 2.24) is 20.2 Å². The minimum absolute atomic E-state index is 0.0938. The maximum Gasteiger partial charge on any atom is 0.408 e. The van der Waals surface area contributed by atoms with Crippen molar-refractivity contribution in [3.63, 3.8) is 0 Å². The zero-order valence-corrected chi connectivity index (χ0v) is 29.3. The second-order valence-corrected chi connectivity index (χ2v) is 14.4. The first kappa shape index (κ1) is 36.3. The van der Waals surface area contributed by atoms with Gasteiger partial charge in [0.1, 0.15) is 16.4 Å². The first-order valence-corrected chi connectivity index (χ1v) is 16.4. The number of nitrogens with one attached hydrogen (secondary N) is 1. The zero-order chi connectivity index (χ0) is 35.4. The molecule has 48 heavy (non-hydrogen) atoms. The number of halogens is 1. The number of aromatic nitrogens is 2. The lowest BCUT2D eigenvalue weighted by molar-refractivity contribution is -0.124. The predicted molar refractivity (Wildman–Crippen MR) is 184 cm³/mol. The van der Waals surface area contributed by atoms with E-state index in [0.717, 1.165) is 4.90 Å². The number of ketones is 3. The molecular formula is C34H39ClN6O6S. The van der Waals surface area contributed by atoms with Crippen molar-refractivity contribution in [2.45, 2.75) is 68.0 Å². The van der Waals surface area contributed by atoms with Gasteiger partial charge in [-0.2, -0.15) is 0 Å². The summed E-state index contributed by atoms with van der Waals surface area (Å²) in [5.74, 6) is -2.02. The van der Waals surface area contributed by atoms with E-state index in [1.807, 2.05) is 27.7 Å². The van der Waals surface area contributed by atoms with E-state index in [4.69, 9.17) is 22.1 Å². The molecule has 3 aromatic rings. The molecule has 1 aliphatic rings. The lowest BCUT2D eigenvalue weighted by atomic mass is 9.90. The number of anilines is 2. The number of carbonyl (C=O) groups is 5. The second kappa shape index (κ2) is 14.7. The number of nitrogen functional groups attached to an aromatic ring is 1. The second-order valence-electron chi connectivity index (χ2n) is 13.0. The molecule has 0 atom stereocenters. The van der Waals surface area contributed by atoms with E-state index in [-0.39, 0.29) is 28.4 Å². The molecule has 14 heteroatoms. The Morgan fingerprint density at radius 1 is 1.02 bits per heavy atom. The number of Topliss-reactive ketones (excluding diaryl/α,β-unsaturated/α-hetero) is 3. The lowest BCUT2D eigenvalue weighted by Gasteiger charge is -2.40. The molecule has 12 nitrogen and oxygen atoms in total. The summed E-state index contributed by atoms with van der Waals surface area (Å²) >= 11 is 7.87. The van der Waals surface area contributed by atoms with Crippen LogP contribution in [-0.2, 0) is 20.7 Å². The summed E-state index contributed by atoms with van der Waals surface area (Å²) < 4.78 is 5.41. The number of likely N-dealkylation sites (N-methyl/N-ethyl adjacent to an activating group) is 1. The monoisotopic (exact) mass is 694 g/mol. The first-order valence-electron chi connectivity index (χ1n) is 15.2. The van der Waals surface area contributed by atoms with Gasteiger partial charge in [-0.1, -0.05) is 59.8 Å². The van der Waals surface area contributed by atoms with E-state index >= 15 is 0 Å². The SMILES string of the molecule is CN(C)C(=O)C(=O)c1ccc(C(=O)C(=O)Cc2cccc(Sc3ncc(N4CCC(C)(NC(=O)OC(C)(C)C)CC4)nc3N)c2Cl)cc1. The van der Waals surface area contributed by atoms with Crippen molar-refractivity contribution in [1.29, 1.82) is 0 Å². The third kappa shape index (κ3) is 9.10. The van der Waals surface area contributed by atoms with Gasteiger partial charge in [0.05, 0.1) is 11.2 Å². The number of benzene rings is 2. The third-order valence-electron chi connectivity index (χ3n) is 7.61. The van der Waals surface area contributed by atoms with Gasteiger partial charge in [0, 0.05) is 55.2 Å². The number of ether oxygens (including phenoxy) is 1. The molecule has 2 heterocycles. The standard InChI is InChI=1S/C34H39ClN6O6S/c1-33(2,3)47-32(46)39-34(4)14-16-41(17-15-34)25-19-37-30(29(36)38-25)48-24-9-7-8-22(26(24)35)18-23(42)27(43)20-10-12-21(13-11-20)28(44)31(45)40(5)6/h7-13,19H,14-18H2,1-6H3,(H2,36,38)(H,39,46). The van der Waals surface area contributed by atoms with Gasteiger partial charge in [-0.25, -0.2) is 14.8 Å². The van der Waals surface area contributed by atoms with Gasteiger partial charge in [-0.3, -0.25) is 19.2 Å². The highest BCUT2D eigenvalue weighted by atomic mass is 35.5. The average molecular weight is 695 g/mol. The molecule has 2 amide bonds. The molecule has 1 fully saturated rings. The number of rotatable bonds is 10. The predicted octanol–water partition coefficient (Wildman–Crippen LogP) is 5.01. The van der Waals surface area contributed by atoms with Crippen molar-refractivity contribution in [3.05, 3.63) is 70.4 Å². The Hall–Kier alpha value is -4.49. The fraction of sp³-hybridized carbons (Fsp3) is 0.382. The molecule has 3 N–H and O–H groups in total. The van der Waals surface area contributed by atoms with E-state index in [1.165, 1.54) is 50.1 Å². The van der Waals surface area contributed by atoms with Gasteiger partial charge in [-0.05, 0) is 52.2 Å². The van der Waals surface area contributed by atoms with Crippen LogP contribution in [0.5, 0.6) is 0 Å². The van der Waals surface area contributed by atoms with E-state index < -0.39 is 40.5 Å². The Morgan fingerprint density at radius 2 is 1.62 bits per heavy atom. The zero-order valence-electron chi connectivity index (χ0n) is 27.8. The van der Waals surface area contributed by atoms with Gasteiger partial charge in [-0.15, -0.1) is 0 Å². The quantitative estimate of drug-likeness (QED) is 0.216. The van der Waals surface area contributed by atoms with Gasteiger partial charge in [0.15, 0.2) is 5.82 Å². The molecule has 0 spiro atoms. The molecule has 1 saturated heterocycles. The molecule has 0 saturated carbocycles. The first-order chi connectivity index (χ1) is 22.5. The van der Waals surface area contributed by atoms with Crippen LogP contribution in [0, 0.1) is 0 Å². The molecule has 0 aliphatic carbocycles. The Morgan fingerprint density at radius 3 is 2.19 bits per heavy atom. The summed E-state index contributed by atoms with van der Waals surface area (Å²) in [6.07, 6.45) is 2.30. The summed E-state index contributed by atoms with van der Waals surface area (Å²) in [4.78, 5) is 75.2. The number of hydrogen-bond acceptors (Lipinski definition) is 11. The molecule has 254 valence electrons. The highest BCUT2D eigenvalue weighted by molar-refractivity contribution is 7.99. The van der Waals surface area contributed by atoms with Crippen LogP contribution in [0.4, 0.5) is 16.4 Å². The van der Waals surface area contributed by atoms with Crippen LogP contribution in [0.1, 0.15) is 66.8 Å². The van der Waals surface area contributed by atoms with Crippen molar-refractivity contribution >= 4 is 64.3 Å². The lowest BCUT2D eigenvalue weighted by Crippen LogP contribution is -2.54. The number of piperidine rings is 1. The van der Waals surface area contributed by atoms with Crippen molar-refractivity contribution in [3.8, 4) is 0 Å². The Kier molecular flexibility index (Phi) is 11.2. The van der Waals surface area contributed by atoms with Gasteiger partial charge in [0.25, 0.3) is 5.91 Å². The highest BCUT2D eigenvalue weighted by Crippen LogP contribution is 2.37. The maximum absolute atomic E-state index is 12.9. The summed E-state index contributed by atoms with van der Waals surface area (Å²) in [6.45, 7) is 8.73. The molecular weight excluding hydrogens is 656 g/mol. The van der Waals surface area contributed by atoms with Crippen LogP contribution in [0.25, 0.3) is 0 Å². The Labute approximate surface area is 288 Å². The Bertz CT molecular complexity index is 1730. The number of nitrogens with zero attached hydrogens (tertiary/aromatic N) is 4. The van der Waals surface area contributed by atoms with Crippen molar-refractivity contribution < 1.29 is 28.7 Å². The van der Waals surface area contributed by atoms with Crippen LogP contribution >= 0.6 is 23.4 Å². The summed E-state index contributed by atoms with van der Waals surface area (Å²) in [6, 6.07) is 10.5. The summed E-state index contributed by atoms with van der Waals surface area (Å²) in [7, 11) is 2.94. The number of carbonyl (C=O) groups excluding carboxylic acids is 5. The number of hydrogen-bond donors (Lipinski definition) is 2. The van der Waals surface area contributed by atoms with E-state index in [0.29, 0.717) is 47.2 Å². The molecule has 0 unspecified atom stereocenters. The number of alkyl carbamates (subject to hydrolysis) is 1. The number of nitrogens with two attached hydrogens (primary N) is 1. The fourth-order valence-electron chi connectivity index (χ4n) is 4.91. The van der Waals surface area contributed by atoms with Gasteiger partial charge >= 0.3 is 6.09 Å². The van der Waals surface area contributed by atoms with Crippen molar-refractivity contribution in [2.75, 3.05) is 37.8 Å². The molecule has 0 radical (unpaired) electrons. The minimum atomic E-state index is -0.744. The molecule has 0 bridgehead atoms. The molecule has 1 aromatic heterocycles. The third-order valence-corrected chi connectivity index (χ3v) is 9.24.